The summed E-state index contributed by atoms with van der Waals surface area (Å²) in [6, 6.07) is 10.5. The Morgan fingerprint density at radius 3 is 2.82 bits per heavy atom. The molecule has 1 aromatic carbocycles. The molecule has 0 bridgehead atoms. The third-order valence-corrected chi connectivity index (χ3v) is 2.57. The third kappa shape index (κ3) is 4.78. The first-order valence-electron chi connectivity index (χ1n) is 6.42. The van der Waals surface area contributed by atoms with Gasteiger partial charge in [0.15, 0.2) is 0 Å². The molecule has 0 fully saturated rings. The molecule has 0 aliphatic carbocycles. The highest BCUT2D eigenvalue weighted by molar-refractivity contribution is 5.96. The topological polar surface area (TPSA) is 83.5 Å². The molecule has 0 spiro atoms. The van der Waals surface area contributed by atoms with Gasteiger partial charge in [-0.3, -0.25) is 14.6 Å². The minimum Gasteiger partial charge on any atom is -0.343 e. The lowest BCUT2D eigenvalue weighted by Gasteiger charge is -2.04. The lowest BCUT2D eigenvalue weighted by molar-refractivity contribution is -0.120. The van der Waals surface area contributed by atoms with Gasteiger partial charge < -0.3 is 5.32 Å². The van der Waals surface area contributed by atoms with E-state index >= 15 is 0 Å². The van der Waals surface area contributed by atoms with Gasteiger partial charge in [0.05, 0.1) is 18.5 Å². The van der Waals surface area contributed by atoms with Crippen molar-refractivity contribution in [3.63, 3.8) is 0 Å². The van der Waals surface area contributed by atoms with Crippen LogP contribution in [0.2, 0.25) is 0 Å². The Bertz CT molecular complexity index is 689. The summed E-state index contributed by atoms with van der Waals surface area (Å²) in [4.78, 5) is 27.2. The van der Waals surface area contributed by atoms with Gasteiger partial charge in [0, 0.05) is 11.8 Å². The van der Waals surface area contributed by atoms with Gasteiger partial charge in [-0.05, 0) is 30.3 Å². The minimum atomic E-state index is -0.539. The van der Waals surface area contributed by atoms with E-state index in [4.69, 9.17) is 0 Å². The van der Waals surface area contributed by atoms with Crippen molar-refractivity contribution in [2.75, 3.05) is 6.54 Å². The van der Waals surface area contributed by atoms with Crippen molar-refractivity contribution in [1.82, 2.24) is 15.7 Å². The third-order valence-electron chi connectivity index (χ3n) is 2.57. The van der Waals surface area contributed by atoms with Gasteiger partial charge in [-0.25, -0.2) is 9.82 Å². The zero-order valence-corrected chi connectivity index (χ0v) is 11.5. The average molecular weight is 300 g/mol. The molecule has 0 aliphatic heterocycles. The van der Waals surface area contributed by atoms with Crippen LogP contribution in [-0.4, -0.2) is 29.6 Å². The molecule has 1 heterocycles. The fraction of sp³-hybridized carbons (Fsp3) is 0.0667. The van der Waals surface area contributed by atoms with E-state index in [1.54, 1.807) is 24.4 Å². The van der Waals surface area contributed by atoms with Crippen molar-refractivity contribution in [1.29, 1.82) is 0 Å². The van der Waals surface area contributed by atoms with Crippen molar-refractivity contribution in [2.24, 2.45) is 5.10 Å². The zero-order valence-electron chi connectivity index (χ0n) is 11.5. The van der Waals surface area contributed by atoms with E-state index in [1.807, 2.05) is 0 Å². The molecule has 0 aliphatic rings. The first-order valence-corrected chi connectivity index (χ1v) is 6.42. The van der Waals surface area contributed by atoms with Crippen molar-refractivity contribution >= 4 is 18.0 Å². The number of amides is 2. The Labute approximate surface area is 126 Å². The molecule has 112 valence electrons. The molecule has 0 atom stereocenters. The van der Waals surface area contributed by atoms with Gasteiger partial charge in [-0.1, -0.05) is 12.1 Å². The van der Waals surface area contributed by atoms with E-state index in [-0.39, 0.29) is 12.1 Å². The SMILES string of the molecule is O=C(CNC(=O)c1cccc(F)c1)N/N=C/c1ccccn1. The number of nitrogens with one attached hydrogen (secondary N) is 2. The number of hydrogen-bond acceptors (Lipinski definition) is 4. The number of pyridine rings is 1. The van der Waals surface area contributed by atoms with E-state index < -0.39 is 17.6 Å². The second kappa shape index (κ2) is 7.63. The maximum Gasteiger partial charge on any atom is 0.259 e. The monoisotopic (exact) mass is 300 g/mol. The molecule has 1 aromatic heterocycles. The zero-order chi connectivity index (χ0) is 15.8. The molecule has 2 aromatic rings. The molecule has 0 saturated carbocycles. The number of halogens is 1. The summed E-state index contributed by atoms with van der Waals surface area (Å²) in [6.45, 7) is -0.269. The molecule has 0 unspecified atom stereocenters. The highest BCUT2D eigenvalue weighted by Crippen LogP contribution is 2.02. The van der Waals surface area contributed by atoms with E-state index in [2.05, 4.69) is 20.8 Å². The Morgan fingerprint density at radius 1 is 1.23 bits per heavy atom. The first kappa shape index (κ1) is 15.3. The second-order valence-electron chi connectivity index (χ2n) is 4.24. The predicted molar refractivity (Wildman–Crippen MR) is 78.7 cm³/mol. The largest absolute Gasteiger partial charge is 0.343 e. The number of nitrogens with zero attached hydrogens (tertiary/aromatic N) is 2. The Balaban J connectivity index is 1.78. The number of hydrogen-bond donors (Lipinski definition) is 2. The van der Waals surface area contributed by atoms with E-state index in [9.17, 15) is 14.0 Å². The van der Waals surface area contributed by atoms with Crippen LogP contribution in [0.3, 0.4) is 0 Å². The van der Waals surface area contributed by atoms with E-state index in [0.29, 0.717) is 5.69 Å². The number of benzene rings is 1. The summed E-state index contributed by atoms with van der Waals surface area (Å²) >= 11 is 0. The fourth-order valence-electron chi connectivity index (χ4n) is 1.55. The van der Waals surface area contributed by atoms with Gasteiger partial charge in [0.2, 0.25) is 0 Å². The molecular weight excluding hydrogens is 287 g/mol. The fourth-order valence-corrected chi connectivity index (χ4v) is 1.55. The Hall–Kier alpha value is -3.09. The maximum absolute atomic E-state index is 13.0. The van der Waals surface area contributed by atoms with E-state index in [0.717, 1.165) is 6.07 Å². The van der Waals surface area contributed by atoms with Crippen molar-refractivity contribution in [2.45, 2.75) is 0 Å². The highest BCUT2D eigenvalue weighted by Gasteiger charge is 2.08. The van der Waals surface area contributed by atoms with Crippen molar-refractivity contribution in [3.8, 4) is 0 Å². The smallest absolute Gasteiger partial charge is 0.259 e. The van der Waals surface area contributed by atoms with Gasteiger partial charge in [0.1, 0.15) is 5.82 Å². The Morgan fingerprint density at radius 2 is 2.09 bits per heavy atom. The summed E-state index contributed by atoms with van der Waals surface area (Å²) in [5, 5.41) is 6.08. The molecule has 0 radical (unpaired) electrons. The number of rotatable bonds is 5. The van der Waals surface area contributed by atoms with Crippen LogP contribution in [0.1, 0.15) is 16.1 Å². The lowest BCUT2D eigenvalue weighted by atomic mass is 10.2. The average Bonchev–Trinajstić information content (AvgIpc) is 2.53. The van der Waals surface area contributed by atoms with Crippen LogP contribution in [0.15, 0.2) is 53.8 Å². The molecule has 22 heavy (non-hydrogen) atoms. The van der Waals surface area contributed by atoms with Crippen LogP contribution >= 0.6 is 0 Å². The molecule has 2 rings (SSSR count). The number of carbonyl (C=O) groups excluding carboxylic acids is 2. The van der Waals surface area contributed by atoms with Gasteiger partial charge in [-0.2, -0.15) is 5.10 Å². The van der Waals surface area contributed by atoms with Crippen molar-refractivity contribution in [3.05, 3.63) is 65.7 Å². The lowest BCUT2D eigenvalue weighted by Crippen LogP contribution is -2.34. The summed E-state index contributed by atoms with van der Waals surface area (Å²) in [5.41, 5.74) is 2.98. The first-order chi connectivity index (χ1) is 10.6. The summed E-state index contributed by atoms with van der Waals surface area (Å²) in [6.07, 6.45) is 2.98. The minimum absolute atomic E-state index is 0.143. The summed E-state index contributed by atoms with van der Waals surface area (Å²) < 4.78 is 13.0. The predicted octanol–water partition coefficient (Wildman–Crippen LogP) is 1.10. The van der Waals surface area contributed by atoms with Gasteiger partial charge >= 0.3 is 0 Å². The summed E-state index contributed by atoms with van der Waals surface area (Å²) in [7, 11) is 0. The van der Waals surface area contributed by atoms with Gasteiger partial charge in [-0.15, -0.1) is 0 Å². The number of aromatic nitrogens is 1. The number of carbonyl (C=O) groups is 2. The maximum atomic E-state index is 13.0. The molecule has 7 heteroatoms. The Kier molecular flexibility index (Phi) is 5.31. The molecule has 6 nitrogen and oxygen atoms in total. The molecule has 2 amide bonds. The van der Waals surface area contributed by atoms with Crippen LogP contribution in [-0.2, 0) is 4.79 Å². The number of hydrazone groups is 1. The molecular formula is C15H13FN4O2. The van der Waals surface area contributed by atoms with Crippen LogP contribution in [0.25, 0.3) is 0 Å². The van der Waals surface area contributed by atoms with Gasteiger partial charge in [0.25, 0.3) is 11.8 Å². The van der Waals surface area contributed by atoms with Crippen LogP contribution in [0.4, 0.5) is 4.39 Å². The van der Waals surface area contributed by atoms with Crippen molar-refractivity contribution < 1.29 is 14.0 Å². The quantitative estimate of drug-likeness (QED) is 0.640. The summed E-state index contributed by atoms with van der Waals surface area (Å²) in [5.74, 6) is -1.56. The second-order valence-corrected chi connectivity index (χ2v) is 4.24. The normalized spacial score (nSPS) is 10.4. The van der Waals surface area contributed by atoms with Crippen LogP contribution in [0, 0.1) is 5.82 Å². The van der Waals surface area contributed by atoms with Crippen LogP contribution in [0.5, 0.6) is 0 Å². The van der Waals surface area contributed by atoms with E-state index in [1.165, 1.54) is 24.4 Å². The standard InChI is InChI=1S/C15H13FN4O2/c16-12-5-3-4-11(8-12)15(22)18-10-14(21)20-19-9-13-6-1-2-7-17-13/h1-9H,10H2,(H,18,22)(H,20,21)/b19-9+. The van der Waals surface area contributed by atoms with Crippen LogP contribution < -0.4 is 10.7 Å². The highest BCUT2D eigenvalue weighted by atomic mass is 19.1. The molecule has 0 saturated heterocycles. The molecule has 2 N–H and O–H groups in total.